The molecule has 0 bridgehead atoms. The monoisotopic (exact) mass is 211 g/mol. The Morgan fingerprint density at radius 2 is 2.27 bits per heavy atom. The molecule has 15 heavy (non-hydrogen) atoms. The lowest BCUT2D eigenvalue weighted by Gasteiger charge is -2.12. The van der Waals surface area contributed by atoms with E-state index in [-0.39, 0.29) is 24.5 Å². The summed E-state index contributed by atoms with van der Waals surface area (Å²) in [6, 6.07) is 0.135. The molecule has 1 aliphatic carbocycles. The standard InChI is InChI=1S/C12H21NO2/c1-2-3-4-5-12(15)13-11-7-6-10(8-11)9-14/h6-7,10-11,14H,2-5,8-9H2,1H3,(H,13,15)/t10-,11+/m0/s1. The van der Waals surface area contributed by atoms with E-state index in [1.165, 1.54) is 0 Å². The Morgan fingerprint density at radius 3 is 2.87 bits per heavy atom. The molecular weight excluding hydrogens is 190 g/mol. The highest BCUT2D eigenvalue weighted by Gasteiger charge is 2.19. The van der Waals surface area contributed by atoms with Crippen molar-refractivity contribution in [1.29, 1.82) is 0 Å². The van der Waals surface area contributed by atoms with E-state index >= 15 is 0 Å². The number of aliphatic hydroxyl groups is 1. The molecule has 0 spiro atoms. The second-order valence-corrected chi connectivity index (χ2v) is 4.19. The van der Waals surface area contributed by atoms with Crippen LogP contribution in [0.1, 0.15) is 39.0 Å². The van der Waals surface area contributed by atoms with Gasteiger partial charge >= 0.3 is 0 Å². The van der Waals surface area contributed by atoms with Gasteiger partial charge in [-0.1, -0.05) is 31.9 Å². The van der Waals surface area contributed by atoms with Gasteiger partial charge in [0.05, 0.1) is 0 Å². The second kappa shape index (κ2) is 6.62. The number of hydrogen-bond donors (Lipinski definition) is 2. The molecule has 2 N–H and O–H groups in total. The number of rotatable bonds is 6. The molecule has 0 aromatic rings. The maximum absolute atomic E-state index is 11.5. The minimum absolute atomic E-state index is 0.135. The van der Waals surface area contributed by atoms with E-state index in [1.54, 1.807) is 0 Å². The predicted octanol–water partition coefficient (Wildman–Crippen LogP) is 1.62. The molecule has 0 fully saturated rings. The van der Waals surface area contributed by atoms with E-state index in [0.29, 0.717) is 6.42 Å². The van der Waals surface area contributed by atoms with E-state index < -0.39 is 0 Å². The molecule has 0 saturated carbocycles. The minimum Gasteiger partial charge on any atom is -0.396 e. The zero-order valence-corrected chi connectivity index (χ0v) is 9.41. The third-order valence-corrected chi connectivity index (χ3v) is 2.76. The quantitative estimate of drug-likeness (QED) is 0.518. The van der Waals surface area contributed by atoms with Crippen LogP contribution < -0.4 is 5.32 Å². The summed E-state index contributed by atoms with van der Waals surface area (Å²) in [4.78, 5) is 11.5. The van der Waals surface area contributed by atoms with Crippen molar-refractivity contribution in [3.8, 4) is 0 Å². The van der Waals surface area contributed by atoms with Crippen molar-refractivity contribution >= 4 is 5.91 Å². The highest BCUT2D eigenvalue weighted by Crippen LogP contribution is 2.17. The first-order chi connectivity index (χ1) is 7.26. The third kappa shape index (κ3) is 4.47. The van der Waals surface area contributed by atoms with Gasteiger partial charge in [0.1, 0.15) is 0 Å². The van der Waals surface area contributed by atoms with Gasteiger partial charge in [-0.05, 0) is 12.8 Å². The van der Waals surface area contributed by atoms with Gasteiger partial charge in [-0.15, -0.1) is 0 Å². The minimum atomic E-state index is 0.135. The number of unbranched alkanes of at least 4 members (excludes halogenated alkanes) is 2. The molecule has 1 aliphatic rings. The van der Waals surface area contributed by atoms with Gasteiger partial charge in [-0.25, -0.2) is 0 Å². The van der Waals surface area contributed by atoms with Gasteiger partial charge in [-0.2, -0.15) is 0 Å². The summed E-state index contributed by atoms with van der Waals surface area (Å²) in [5, 5.41) is 11.9. The fourth-order valence-corrected chi connectivity index (χ4v) is 1.83. The topological polar surface area (TPSA) is 49.3 Å². The first-order valence-electron chi connectivity index (χ1n) is 5.84. The van der Waals surface area contributed by atoms with Crippen LogP contribution in [0.25, 0.3) is 0 Å². The Balaban J connectivity index is 2.14. The van der Waals surface area contributed by atoms with Gasteiger partial charge in [-0.3, -0.25) is 4.79 Å². The van der Waals surface area contributed by atoms with E-state index in [9.17, 15) is 4.79 Å². The van der Waals surface area contributed by atoms with Gasteiger partial charge in [0, 0.05) is 25.0 Å². The average Bonchev–Trinajstić information content (AvgIpc) is 2.66. The van der Waals surface area contributed by atoms with Crippen LogP contribution >= 0.6 is 0 Å². The number of nitrogens with one attached hydrogen (secondary N) is 1. The highest BCUT2D eigenvalue weighted by atomic mass is 16.3. The molecule has 2 atom stereocenters. The molecule has 0 aromatic heterocycles. The zero-order chi connectivity index (χ0) is 11.1. The number of aliphatic hydroxyl groups excluding tert-OH is 1. The molecule has 0 aromatic carbocycles. The summed E-state index contributed by atoms with van der Waals surface area (Å²) in [5.74, 6) is 0.364. The Labute approximate surface area is 91.6 Å². The van der Waals surface area contributed by atoms with Crippen LogP contribution in [0, 0.1) is 5.92 Å². The van der Waals surface area contributed by atoms with Crippen LogP contribution in [0.4, 0.5) is 0 Å². The smallest absolute Gasteiger partial charge is 0.220 e. The molecule has 3 heteroatoms. The Morgan fingerprint density at radius 1 is 1.47 bits per heavy atom. The first-order valence-corrected chi connectivity index (χ1v) is 5.84. The predicted molar refractivity (Wildman–Crippen MR) is 60.4 cm³/mol. The van der Waals surface area contributed by atoms with Crippen molar-refractivity contribution in [3.63, 3.8) is 0 Å². The Hall–Kier alpha value is -0.830. The Bertz CT molecular complexity index is 226. The van der Waals surface area contributed by atoms with Crippen molar-refractivity contribution in [2.24, 2.45) is 5.92 Å². The maximum Gasteiger partial charge on any atom is 0.220 e. The average molecular weight is 211 g/mol. The molecule has 3 nitrogen and oxygen atoms in total. The highest BCUT2D eigenvalue weighted by molar-refractivity contribution is 5.76. The van der Waals surface area contributed by atoms with Crippen molar-refractivity contribution in [2.45, 2.75) is 45.1 Å². The van der Waals surface area contributed by atoms with Crippen LogP contribution in [0.2, 0.25) is 0 Å². The SMILES string of the molecule is CCCCCC(=O)N[C@@H]1C=C[C@H](CO)C1. The van der Waals surface area contributed by atoms with Gasteiger partial charge < -0.3 is 10.4 Å². The number of amides is 1. The van der Waals surface area contributed by atoms with Gasteiger partial charge in [0.25, 0.3) is 0 Å². The maximum atomic E-state index is 11.5. The molecule has 86 valence electrons. The van der Waals surface area contributed by atoms with Crippen molar-refractivity contribution in [1.82, 2.24) is 5.32 Å². The molecule has 0 unspecified atom stereocenters. The van der Waals surface area contributed by atoms with E-state index in [0.717, 1.165) is 25.7 Å². The normalized spacial score (nSPS) is 24.4. The molecule has 1 amide bonds. The lowest BCUT2D eigenvalue weighted by Crippen LogP contribution is -2.32. The van der Waals surface area contributed by atoms with Crippen LogP contribution in [-0.2, 0) is 4.79 Å². The summed E-state index contributed by atoms with van der Waals surface area (Å²) < 4.78 is 0. The van der Waals surface area contributed by atoms with Crippen molar-refractivity contribution in [3.05, 3.63) is 12.2 Å². The Kier molecular flexibility index (Phi) is 5.40. The molecular formula is C12H21NO2. The van der Waals surface area contributed by atoms with E-state index in [4.69, 9.17) is 5.11 Å². The molecule has 1 rings (SSSR count). The zero-order valence-electron chi connectivity index (χ0n) is 9.41. The van der Waals surface area contributed by atoms with Crippen molar-refractivity contribution < 1.29 is 9.90 Å². The fraction of sp³-hybridized carbons (Fsp3) is 0.750. The van der Waals surface area contributed by atoms with Crippen LogP contribution in [0.3, 0.4) is 0 Å². The van der Waals surface area contributed by atoms with Crippen molar-refractivity contribution in [2.75, 3.05) is 6.61 Å². The number of carbonyl (C=O) groups is 1. The van der Waals surface area contributed by atoms with E-state index in [1.807, 2.05) is 12.2 Å². The molecule has 0 aliphatic heterocycles. The third-order valence-electron chi connectivity index (χ3n) is 2.76. The fourth-order valence-electron chi connectivity index (χ4n) is 1.83. The number of hydrogen-bond acceptors (Lipinski definition) is 2. The number of carbonyl (C=O) groups excluding carboxylic acids is 1. The lowest BCUT2D eigenvalue weighted by molar-refractivity contribution is -0.121. The van der Waals surface area contributed by atoms with E-state index in [2.05, 4.69) is 12.2 Å². The summed E-state index contributed by atoms with van der Waals surface area (Å²) in [6.07, 6.45) is 8.67. The lowest BCUT2D eigenvalue weighted by atomic mass is 10.1. The summed E-state index contributed by atoms with van der Waals surface area (Å²) >= 11 is 0. The first kappa shape index (κ1) is 12.2. The summed E-state index contributed by atoms with van der Waals surface area (Å²) in [5.41, 5.74) is 0. The van der Waals surface area contributed by atoms with Crippen LogP contribution in [0.5, 0.6) is 0 Å². The van der Waals surface area contributed by atoms with Crippen LogP contribution in [-0.4, -0.2) is 23.7 Å². The van der Waals surface area contributed by atoms with Gasteiger partial charge in [0.2, 0.25) is 5.91 Å². The molecule has 0 radical (unpaired) electrons. The van der Waals surface area contributed by atoms with Gasteiger partial charge in [0.15, 0.2) is 0 Å². The molecule has 0 saturated heterocycles. The second-order valence-electron chi connectivity index (χ2n) is 4.19. The summed E-state index contributed by atoms with van der Waals surface area (Å²) in [6.45, 7) is 2.31. The summed E-state index contributed by atoms with van der Waals surface area (Å²) in [7, 11) is 0. The van der Waals surface area contributed by atoms with Crippen LogP contribution in [0.15, 0.2) is 12.2 Å². The largest absolute Gasteiger partial charge is 0.396 e. The molecule has 0 heterocycles.